The third kappa shape index (κ3) is 3.61. The molecule has 140 valence electrons. The van der Waals surface area contributed by atoms with Gasteiger partial charge in [-0.05, 0) is 57.3 Å². The van der Waals surface area contributed by atoms with Crippen LogP contribution < -0.4 is 10.6 Å². The minimum absolute atomic E-state index is 0.298. The second-order valence-electron chi connectivity index (χ2n) is 6.49. The summed E-state index contributed by atoms with van der Waals surface area (Å²) in [7, 11) is 3.35. The van der Waals surface area contributed by atoms with Crippen LogP contribution in [0.15, 0.2) is 0 Å². The zero-order valence-corrected chi connectivity index (χ0v) is 17.2. The predicted molar refractivity (Wildman–Crippen MR) is 108 cm³/mol. The first-order valence-corrected chi connectivity index (χ1v) is 9.91. The molecule has 2 aromatic heterocycles. The van der Waals surface area contributed by atoms with Crippen molar-refractivity contribution in [3.05, 3.63) is 33.0 Å². The fraction of sp³-hybridized carbons (Fsp3) is 0.500. The lowest BCUT2D eigenvalue weighted by Crippen LogP contribution is -2.28. The molecule has 0 bridgehead atoms. The number of anilines is 1. The molecule has 1 aliphatic rings. The normalized spacial score (nSPS) is 13.2. The highest BCUT2D eigenvalue weighted by atomic mass is 32.1. The van der Waals surface area contributed by atoms with Crippen LogP contribution >= 0.6 is 23.6 Å². The van der Waals surface area contributed by atoms with E-state index in [1.165, 1.54) is 12.0 Å². The molecular weight excluding hydrogens is 368 g/mol. The number of hydrogen-bond donors (Lipinski definition) is 2. The summed E-state index contributed by atoms with van der Waals surface area (Å²) in [4.78, 5) is 13.6. The van der Waals surface area contributed by atoms with Crippen LogP contribution in [0.4, 0.5) is 5.00 Å². The van der Waals surface area contributed by atoms with Crippen LogP contribution in [0, 0.1) is 13.8 Å². The molecule has 0 aromatic carbocycles. The number of fused-ring (bicyclic) bond motifs is 1. The first-order valence-electron chi connectivity index (χ1n) is 8.69. The second kappa shape index (κ2) is 7.75. The fourth-order valence-electron chi connectivity index (χ4n) is 3.36. The molecule has 0 atom stereocenters. The van der Waals surface area contributed by atoms with Gasteiger partial charge in [0, 0.05) is 29.7 Å². The number of hydrogen-bond acceptors (Lipinski definition) is 5. The van der Waals surface area contributed by atoms with Crippen molar-refractivity contribution in [3.8, 4) is 0 Å². The summed E-state index contributed by atoms with van der Waals surface area (Å²) in [5.74, 6) is -0.298. The summed E-state index contributed by atoms with van der Waals surface area (Å²) in [6.07, 6.45) is 4.21. The summed E-state index contributed by atoms with van der Waals surface area (Å²) >= 11 is 7.07. The van der Waals surface area contributed by atoms with Crippen molar-refractivity contribution >= 4 is 39.6 Å². The molecule has 0 spiro atoms. The quantitative estimate of drug-likeness (QED) is 0.615. The smallest absolute Gasteiger partial charge is 0.341 e. The first kappa shape index (κ1) is 18.8. The van der Waals surface area contributed by atoms with Gasteiger partial charge in [-0.2, -0.15) is 5.10 Å². The minimum Gasteiger partial charge on any atom is -0.465 e. The highest BCUT2D eigenvalue weighted by Gasteiger charge is 2.26. The van der Waals surface area contributed by atoms with Crippen molar-refractivity contribution in [2.45, 2.75) is 46.1 Å². The largest absolute Gasteiger partial charge is 0.465 e. The summed E-state index contributed by atoms with van der Waals surface area (Å²) in [5.41, 5.74) is 5.00. The van der Waals surface area contributed by atoms with E-state index in [0.717, 1.165) is 53.2 Å². The number of aromatic nitrogens is 2. The molecule has 1 aliphatic carbocycles. The van der Waals surface area contributed by atoms with Gasteiger partial charge in [0.2, 0.25) is 0 Å². The topological polar surface area (TPSA) is 68.2 Å². The van der Waals surface area contributed by atoms with E-state index in [1.807, 2.05) is 25.6 Å². The standard InChI is InChI=1S/C18H24N4O2S2/c1-10-13(11(2)22(3)21-10)9-19-18(25)20-16-15(17(23)24-4)12-7-5-6-8-14(12)26-16/h5-9H2,1-4H3,(H2,19,20,25). The van der Waals surface area contributed by atoms with Gasteiger partial charge in [-0.1, -0.05) is 0 Å². The molecule has 0 fully saturated rings. The Balaban J connectivity index is 1.75. The van der Waals surface area contributed by atoms with Crippen LogP contribution in [0.3, 0.4) is 0 Å². The Morgan fingerprint density at radius 1 is 1.35 bits per heavy atom. The van der Waals surface area contributed by atoms with Crippen LogP contribution in [0.1, 0.15) is 50.6 Å². The number of rotatable bonds is 4. The number of nitrogens with zero attached hydrogens (tertiary/aromatic N) is 2. The van der Waals surface area contributed by atoms with Crippen molar-refractivity contribution in [1.82, 2.24) is 15.1 Å². The van der Waals surface area contributed by atoms with Crippen LogP contribution in [-0.2, 0) is 31.2 Å². The van der Waals surface area contributed by atoms with Gasteiger partial charge < -0.3 is 15.4 Å². The number of thiocarbonyl (C=S) groups is 1. The van der Waals surface area contributed by atoms with E-state index in [2.05, 4.69) is 15.7 Å². The lowest BCUT2D eigenvalue weighted by molar-refractivity contribution is 0.0601. The van der Waals surface area contributed by atoms with Gasteiger partial charge in [-0.15, -0.1) is 11.3 Å². The number of methoxy groups -OCH3 is 1. The van der Waals surface area contributed by atoms with E-state index in [4.69, 9.17) is 17.0 Å². The zero-order valence-electron chi connectivity index (χ0n) is 15.6. The molecule has 0 unspecified atom stereocenters. The van der Waals surface area contributed by atoms with Crippen molar-refractivity contribution in [2.75, 3.05) is 12.4 Å². The number of ether oxygens (including phenoxy) is 1. The number of nitrogens with one attached hydrogen (secondary N) is 2. The molecule has 8 heteroatoms. The number of esters is 1. The summed E-state index contributed by atoms with van der Waals surface area (Å²) in [6, 6.07) is 0. The monoisotopic (exact) mass is 392 g/mol. The maximum absolute atomic E-state index is 12.3. The molecule has 26 heavy (non-hydrogen) atoms. The van der Waals surface area contributed by atoms with E-state index < -0.39 is 0 Å². The highest BCUT2D eigenvalue weighted by molar-refractivity contribution is 7.80. The third-order valence-corrected chi connectivity index (χ3v) is 6.33. The maximum atomic E-state index is 12.3. The van der Waals surface area contributed by atoms with Gasteiger partial charge in [-0.25, -0.2) is 4.79 Å². The summed E-state index contributed by atoms with van der Waals surface area (Å²) in [5, 5.41) is 12.1. The van der Waals surface area contributed by atoms with Crippen molar-refractivity contribution in [2.24, 2.45) is 7.05 Å². The molecule has 3 rings (SSSR count). The zero-order chi connectivity index (χ0) is 18.8. The van der Waals surface area contributed by atoms with Crippen molar-refractivity contribution in [3.63, 3.8) is 0 Å². The van der Waals surface area contributed by atoms with E-state index in [9.17, 15) is 4.79 Å². The molecule has 0 aliphatic heterocycles. The number of carbonyl (C=O) groups is 1. The molecule has 0 amide bonds. The second-order valence-corrected chi connectivity index (χ2v) is 8.00. The molecule has 2 aromatic rings. The van der Waals surface area contributed by atoms with Crippen LogP contribution in [0.2, 0.25) is 0 Å². The molecule has 2 N–H and O–H groups in total. The summed E-state index contributed by atoms with van der Waals surface area (Å²) in [6.45, 7) is 4.62. The van der Waals surface area contributed by atoms with Crippen molar-refractivity contribution in [1.29, 1.82) is 0 Å². The average molecular weight is 393 g/mol. The first-order chi connectivity index (χ1) is 12.4. The minimum atomic E-state index is -0.298. The fourth-order valence-corrected chi connectivity index (χ4v) is 4.88. The Morgan fingerprint density at radius 3 is 2.73 bits per heavy atom. The highest BCUT2D eigenvalue weighted by Crippen LogP contribution is 2.38. The van der Waals surface area contributed by atoms with E-state index in [0.29, 0.717) is 17.2 Å². The van der Waals surface area contributed by atoms with Crippen molar-refractivity contribution < 1.29 is 9.53 Å². The Labute approximate surface area is 162 Å². The van der Waals surface area contributed by atoms with Gasteiger partial charge in [0.05, 0.1) is 18.4 Å². The third-order valence-electron chi connectivity index (χ3n) is 4.87. The number of aryl methyl sites for hydroxylation is 3. The van der Waals surface area contributed by atoms with Crippen LogP contribution in [0.25, 0.3) is 0 Å². The number of thiophene rings is 1. The lowest BCUT2D eigenvalue weighted by Gasteiger charge is -2.12. The molecule has 6 nitrogen and oxygen atoms in total. The van der Waals surface area contributed by atoms with E-state index in [1.54, 1.807) is 11.3 Å². The SMILES string of the molecule is COC(=O)c1c(NC(=S)NCc2c(C)nn(C)c2C)sc2c1CCCC2. The van der Waals surface area contributed by atoms with Gasteiger partial charge in [0.25, 0.3) is 0 Å². The van der Waals surface area contributed by atoms with Gasteiger partial charge in [-0.3, -0.25) is 4.68 Å². The summed E-state index contributed by atoms with van der Waals surface area (Å²) < 4.78 is 6.87. The Bertz CT molecular complexity index is 854. The Kier molecular flexibility index (Phi) is 5.62. The molecule has 0 radical (unpaired) electrons. The van der Waals surface area contributed by atoms with Crippen LogP contribution in [-0.4, -0.2) is 28.0 Å². The van der Waals surface area contributed by atoms with Gasteiger partial charge in [0.1, 0.15) is 5.00 Å². The lowest BCUT2D eigenvalue weighted by atomic mass is 9.95. The molecule has 0 saturated carbocycles. The van der Waals surface area contributed by atoms with Crippen LogP contribution in [0.5, 0.6) is 0 Å². The predicted octanol–water partition coefficient (Wildman–Crippen LogP) is 3.25. The van der Waals surface area contributed by atoms with E-state index >= 15 is 0 Å². The molecule has 0 saturated heterocycles. The Morgan fingerprint density at radius 2 is 2.08 bits per heavy atom. The van der Waals surface area contributed by atoms with E-state index in [-0.39, 0.29) is 5.97 Å². The molecule has 2 heterocycles. The average Bonchev–Trinajstić information content (AvgIpc) is 3.09. The molecular formula is C18H24N4O2S2. The van der Waals surface area contributed by atoms with Gasteiger partial charge in [0.15, 0.2) is 5.11 Å². The van der Waals surface area contributed by atoms with Gasteiger partial charge >= 0.3 is 5.97 Å². The Hall–Kier alpha value is -1.93. The maximum Gasteiger partial charge on any atom is 0.341 e. The number of carbonyl (C=O) groups excluding carboxylic acids is 1.